The second-order valence-corrected chi connectivity index (χ2v) is 8.05. The zero-order valence-electron chi connectivity index (χ0n) is 11.3. The Morgan fingerprint density at radius 2 is 2.26 bits per heavy atom. The van der Waals surface area contributed by atoms with E-state index >= 15 is 0 Å². The minimum absolute atomic E-state index is 0.0941. The highest BCUT2D eigenvalue weighted by atomic mass is 32.2. The third kappa shape index (κ3) is 2.57. The van der Waals surface area contributed by atoms with Gasteiger partial charge in [-0.15, -0.1) is 11.3 Å². The van der Waals surface area contributed by atoms with Gasteiger partial charge in [-0.25, -0.2) is 13.1 Å². The molecule has 0 saturated heterocycles. The highest BCUT2D eigenvalue weighted by Gasteiger charge is 2.50. The Morgan fingerprint density at radius 3 is 2.79 bits per heavy atom. The van der Waals surface area contributed by atoms with Crippen molar-refractivity contribution in [3.05, 3.63) is 16.3 Å². The van der Waals surface area contributed by atoms with Crippen LogP contribution in [0.2, 0.25) is 0 Å². The van der Waals surface area contributed by atoms with Gasteiger partial charge < -0.3 is 10.5 Å². The van der Waals surface area contributed by atoms with Crippen molar-refractivity contribution < 1.29 is 13.2 Å². The number of ether oxygens (including phenoxy) is 1. The largest absolute Gasteiger partial charge is 0.381 e. The second kappa shape index (κ2) is 5.14. The molecule has 7 heteroatoms. The van der Waals surface area contributed by atoms with Gasteiger partial charge in [-0.3, -0.25) is 0 Å². The van der Waals surface area contributed by atoms with Gasteiger partial charge in [-0.1, -0.05) is 13.8 Å². The van der Waals surface area contributed by atoms with Crippen molar-refractivity contribution in [1.29, 1.82) is 0 Å². The lowest BCUT2D eigenvalue weighted by Gasteiger charge is -2.50. The topological polar surface area (TPSA) is 81.4 Å². The fourth-order valence-electron chi connectivity index (χ4n) is 2.45. The molecule has 0 spiro atoms. The molecule has 1 aliphatic carbocycles. The van der Waals surface area contributed by atoms with Crippen molar-refractivity contribution >= 4 is 21.4 Å². The summed E-state index contributed by atoms with van der Waals surface area (Å²) in [5, 5.41) is 1.75. The van der Waals surface area contributed by atoms with E-state index in [9.17, 15) is 8.42 Å². The summed E-state index contributed by atoms with van der Waals surface area (Å²) in [6.07, 6.45) is 0.793. The van der Waals surface area contributed by atoms with Crippen LogP contribution in [0, 0.1) is 5.41 Å². The molecule has 2 atom stereocenters. The summed E-state index contributed by atoms with van der Waals surface area (Å²) < 4.78 is 32.8. The number of nitrogens with one attached hydrogen (secondary N) is 1. The molecule has 1 fully saturated rings. The van der Waals surface area contributed by atoms with Gasteiger partial charge in [0.1, 0.15) is 0 Å². The van der Waals surface area contributed by atoms with Crippen LogP contribution in [0.3, 0.4) is 0 Å². The van der Waals surface area contributed by atoms with E-state index in [0.29, 0.717) is 16.2 Å². The maximum atomic E-state index is 12.4. The lowest BCUT2D eigenvalue weighted by atomic mass is 9.65. The van der Waals surface area contributed by atoms with E-state index in [2.05, 4.69) is 4.72 Å². The van der Waals surface area contributed by atoms with Gasteiger partial charge in [0.05, 0.1) is 11.0 Å². The van der Waals surface area contributed by atoms with Gasteiger partial charge in [0.15, 0.2) is 0 Å². The molecular weight excluding hydrogens is 284 g/mol. The first-order valence-electron chi connectivity index (χ1n) is 6.14. The number of hydrogen-bond donors (Lipinski definition) is 2. The van der Waals surface area contributed by atoms with Gasteiger partial charge in [0, 0.05) is 30.0 Å². The average molecular weight is 304 g/mol. The minimum Gasteiger partial charge on any atom is -0.381 e. The molecule has 19 heavy (non-hydrogen) atoms. The molecule has 1 aromatic rings. The average Bonchev–Trinajstić information content (AvgIpc) is 2.83. The van der Waals surface area contributed by atoms with Crippen molar-refractivity contribution in [2.24, 2.45) is 11.1 Å². The maximum Gasteiger partial charge on any atom is 0.241 e. The summed E-state index contributed by atoms with van der Waals surface area (Å²) in [6, 6.07) is 1.50. The van der Waals surface area contributed by atoms with Crippen molar-refractivity contribution in [3.63, 3.8) is 0 Å². The molecule has 108 valence electrons. The first kappa shape index (κ1) is 14.9. The molecule has 1 heterocycles. The molecule has 0 aliphatic heterocycles. The second-order valence-electron chi connectivity index (χ2n) is 5.37. The van der Waals surface area contributed by atoms with E-state index in [4.69, 9.17) is 10.5 Å². The molecule has 2 rings (SSSR count). The van der Waals surface area contributed by atoms with Crippen LogP contribution >= 0.6 is 11.3 Å². The third-order valence-electron chi connectivity index (χ3n) is 3.94. The maximum absolute atomic E-state index is 12.4. The lowest BCUT2D eigenvalue weighted by Crippen LogP contribution is -2.61. The predicted octanol–water partition coefficient (Wildman–Crippen LogP) is 1.30. The quantitative estimate of drug-likeness (QED) is 0.859. The van der Waals surface area contributed by atoms with Crippen molar-refractivity contribution in [2.75, 3.05) is 7.11 Å². The predicted molar refractivity (Wildman–Crippen MR) is 75.5 cm³/mol. The van der Waals surface area contributed by atoms with Crippen LogP contribution in [0.1, 0.15) is 25.1 Å². The molecule has 2 unspecified atom stereocenters. The number of sulfonamides is 1. The molecule has 1 saturated carbocycles. The van der Waals surface area contributed by atoms with Gasteiger partial charge >= 0.3 is 0 Å². The molecule has 5 nitrogen and oxygen atoms in total. The van der Waals surface area contributed by atoms with Gasteiger partial charge in [-0.05, 0) is 17.9 Å². The molecule has 0 bridgehead atoms. The monoisotopic (exact) mass is 304 g/mol. The van der Waals surface area contributed by atoms with E-state index in [1.54, 1.807) is 18.6 Å². The molecule has 1 aliphatic rings. The van der Waals surface area contributed by atoms with E-state index < -0.39 is 10.0 Å². The Hall–Kier alpha value is -0.470. The molecule has 0 radical (unpaired) electrons. The van der Waals surface area contributed by atoms with Crippen LogP contribution in [0.4, 0.5) is 0 Å². The zero-order chi connectivity index (χ0) is 14.3. The number of methoxy groups -OCH3 is 1. The fraction of sp³-hybridized carbons (Fsp3) is 0.667. The highest BCUT2D eigenvalue weighted by molar-refractivity contribution is 7.89. The first-order chi connectivity index (χ1) is 8.82. The zero-order valence-corrected chi connectivity index (χ0v) is 13.0. The molecule has 1 aromatic heterocycles. The van der Waals surface area contributed by atoms with Crippen LogP contribution < -0.4 is 10.5 Å². The molecule has 3 N–H and O–H groups in total. The Labute approximate surface area is 118 Å². The SMILES string of the molecule is COC1CC(NS(=O)(=O)c2ccsc2CN)C1(C)C. The van der Waals surface area contributed by atoms with Crippen LogP contribution in [0.5, 0.6) is 0 Å². The van der Waals surface area contributed by atoms with Crippen LogP contribution in [0.25, 0.3) is 0 Å². The van der Waals surface area contributed by atoms with Crippen LogP contribution in [-0.2, 0) is 21.3 Å². The molecular formula is C12H20N2O3S2. The summed E-state index contributed by atoms with van der Waals surface area (Å²) in [4.78, 5) is 0.990. The Balaban J connectivity index is 2.16. The smallest absolute Gasteiger partial charge is 0.241 e. The number of thiophene rings is 1. The Bertz CT molecular complexity index is 551. The Kier molecular flexibility index (Phi) is 4.04. The number of nitrogens with two attached hydrogens (primary N) is 1. The fourth-order valence-corrected chi connectivity index (χ4v) is 5.19. The van der Waals surface area contributed by atoms with Gasteiger partial charge in [-0.2, -0.15) is 0 Å². The normalized spacial score (nSPS) is 26.1. The highest BCUT2D eigenvalue weighted by Crippen LogP contribution is 2.43. The lowest BCUT2D eigenvalue weighted by molar-refractivity contribution is -0.0908. The summed E-state index contributed by atoms with van der Waals surface area (Å²) in [7, 11) is -1.84. The van der Waals surface area contributed by atoms with Gasteiger partial charge in [0.2, 0.25) is 10.0 Å². The van der Waals surface area contributed by atoms with E-state index in [0.717, 1.165) is 0 Å². The summed E-state index contributed by atoms with van der Waals surface area (Å²) in [5.41, 5.74) is 5.37. The van der Waals surface area contributed by atoms with Crippen LogP contribution in [0.15, 0.2) is 16.3 Å². The van der Waals surface area contributed by atoms with Crippen LogP contribution in [-0.4, -0.2) is 27.7 Å². The van der Waals surface area contributed by atoms with Crippen molar-refractivity contribution in [1.82, 2.24) is 4.72 Å². The van der Waals surface area contributed by atoms with E-state index in [1.807, 2.05) is 13.8 Å². The summed E-state index contributed by atoms with van der Waals surface area (Å²) in [6.45, 7) is 4.26. The minimum atomic E-state index is -3.50. The Morgan fingerprint density at radius 1 is 1.58 bits per heavy atom. The number of hydrogen-bond acceptors (Lipinski definition) is 5. The molecule has 0 amide bonds. The van der Waals surface area contributed by atoms with Crippen molar-refractivity contribution in [3.8, 4) is 0 Å². The first-order valence-corrected chi connectivity index (χ1v) is 8.50. The molecule has 0 aromatic carbocycles. The standard InChI is InChI=1S/C12H20N2O3S2/c1-12(2)10(6-11(12)17-3)14-19(15,16)9-4-5-18-8(9)7-13/h4-5,10-11,14H,6-7,13H2,1-3H3. The van der Waals surface area contributed by atoms with Gasteiger partial charge in [0.25, 0.3) is 0 Å². The third-order valence-corrected chi connectivity index (χ3v) is 6.57. The number of rotatable bonds is 5. The summed E-state index contributed by atoms with van der Waals surface area (Å²) >= 11 is 1.37. The van der Waals surface area contributed by atoms with Crippen molar-refractivity contribution in [2.45, 2.75) is 43.9 Å². The van der Waals surface area contributed by atoms with E-state index in [1.165, 1.54) is 11.3 Å². The van der Waals surface area contributed by atoms with E-state index in [-0.39, 0.29) is 24.1 Å². The summed E-state index contributed by atoms with van der Waals surface area (Å²) in [5.74, 6) is 0.